The minimum Gasteiger partial charge on any atom is -0.493 e. The van der Waals surface area contributed by atoms with Gasteiger partial charge in [-0.15, -0.1) is 0 Å². The van der Waals surface area contributed by atoms with E-state index in [1.165, 1.54) is 0 Å². The van der Waals surface area contributed by atoms with E-state index < -0.39 is 0 Å². The van der Waals surface area contributed by atoms with E-state index in [-0.39, 0.29) is 0 Å². The van der Waals surface area contributed by atoms with E-state index in [2.05, 4.69) is 34.5 Å². The lowest BCUT2D eigenvalue weighted by atomic mass is 10.0. The van der Waals surface area contributed by atoms with Crippen LogP contribution in [0.4, 0.5) is 0 Å². The van der Waals surface area contributed by atoms with Crippen LogP contribution in [0.2, 0.25) is 0 Å². The Bertz CT molecular complexity index is 775. The van der Waals surface area contributed by atoms with E-state index in [9.17, 15) is 0 Å². The topological polar surface area (TPSA) is 47.1 Å². The van der Waals surface area contributed by atoms with Gasteiger partial charge in [-0.3, -0.25) is 5.10 Å². The maximum Gasteiger partial charge on any atom is 0.127 e. The Labute approximate surface area is 129 Å². The first kappa shape index (κ1) is 13.3. The Balaban J connectivity index is 1.62. The maximum atomic E-state index is 6.07. The first-order valence-electron chi connectivity index (χ1n) is 7.63. The van der Waals surface area contributed by atoms with Gasteiger partial charge in [-0.2, -0.15) is 5.10 Å². The van der Waals surface area contributed by atoms with Gasteiger partial charge in [0.05, 0.1) is 24.9 Å². The van der Waals surface area contributed by atoms with Gasteiger partial charge < -0.3 is 9.47 Å². The molecule has 22 heavy (non-hydrogen) atoms. The van der Waals surface area contributed by atoms with Crippen molar-refractivity contribution in [3.05, 3.63) is 48.7 Å². The molecule has 0 radical (unpaired) electrons. The van der Waals surface area contributed by atoms with Crippen LogP contribution in [0.5, 0.6) is 5.75 Å². The van der Waals surface area contributed by atoms with Crippen molar-refractivity contribution in [3.63, 3.8) is 0 Å². The molecule has 0 bridgehead atoms. The van der Waals surface area contributed by atoms with Gasteiger partial charge in [0.25, 0.3) is 0 Å². The molecule has 4 heteroatoms. The Morgan fingerprint density at radius 1 is 1.23 bits per heavy atom. The summed E-state index contributed by atoms with van der Waals surface area (Å²) in [5, 5.41) is 8.16. The fraction of sp³-hybridized carbons (Fsp3) is 0.278. The third-order valence-corrected chi connectivity index (χ3v) is 4.14. The molecule has 112 valence electrons. The average Bonchev–Trinajstić information content (AvgIpc) is 3.24. The molecule has 2 aromatic carbocycles. The molecule has 1 atom stereocenters. The van der Waals surface area contributed by atoms with Crippen LogP contribution < -0.4 is 4.74 Å². The van der Waals surface area contributed by atoms with E-state index in [1.54, 1.807) is 0 Å². The highest BCUT2D eigenvalue weighted by molar-refractivity contribution is 5.85. The molecule has 1 N–H and O–H groups in total. The third-order valence-electron chi connectivity index (χ3n) is 4.14. The second-order valence-electron chi connectivity index (χ2n) is 5.71. The van der Waals surface area contributed by atoms with Crippen molar-refractivity contribution in [2.24, 2.45) is 5.92 Å². The summed E-state index contributed by atoms with van der Waals surface area (Å²) < 4.78 is 11.5. The molecule has 0 aliphatic carbocycles. The highest BCUT2D eigenvalue weighted by Crippen LogP contribution is 2.32. The monoisotopic (exact) mass is 294 g/mol. The van der Waals surface area contributed by atoms with Crippen LogP contribution in [0.1, 0.15) is 6.42 Å². The van der Waals surface area contributed by atoms with Gasteiger partial charge in [0.15, 0.2) is 0 Å². The Kier molecular flexibility index (Phi) is 3.52. The lowest BCUT2D eigenvalue weighted by Gasteiger charge is -2.14. The summed E-state index contributed by atoms with van der Waals surface area (Å²) in [6, 6.07) is 14.5. The number of H-pyrrole nitrogens is 1. The Hall–Kier alpha value is -2.33. The van der Waals surface area contributed by atoms with Gasteiger partial charge in [-0.1, -0.05) is 24.3 Å². The summed E-state index contributed by atoms with van der Waals surface area (Å²) in [4.78, 5) is 0. The van der Waals surface area contributed by atoms with E-state index in [0.717, 1.165) is 47.4 Å². The lowest BCUT2D eigenvalue weighted by Crippen LogP contribution is -2.12. The van der Waals surface area contributed by atoms with Crippen LogP contribution >= 0.6 is 0 Å². The van der Waals surface area contributed by atoms with Crippen molar-refractivity contribution >= 4 is 10.9 Å². The van der Waals surface area contributed by atoms with Crippen molar-refractivity contribution in [2.45, 2.75) is 6.42 Å². The number of rotatable bonds is 4. The van der Waals surface area contributed by atoms with Crippen molar-refractivity contribution in [1.29, 1.82) is 0 Å². The SMILES string of the molecule is c1ccc(-c2ccc3[nH]ncc3c2)c(OCC2CCOC2)c1. The molecule has 1 fully saturated rings. The number of nitrogens with zero attached hydrogens (tertiary/aromatic N) is 1. The molecular formula is C18H18N2O2. The van der Waals surface area contributed by atoms with Crippen LogP contribution in [0.15, 0.2) is 48.7 Å². The van der Waals surface area contributed by atoms with Crippen molar-refractivity contribution in [1.82, 2.24) is 10.2 Å². The number of hydrogen-bond donors (Lipinski definition) is 1. The molecule has 4 rings (SSSR count). The molecule has 0 amide bonds. The smallest absolute Gasteiger partial charge is 0.127 e. The minimum absolute atomic E-state index is 0.504. The summed E-state index contributed by atoms with van der Waals surface area (Å²) >= 11 is 0. The normalized spacial score (nSPS) is 17.9. The lowest BCUT2D eigenvalue weighted by molar-refractivity contribution is 0.167. The van der Waals surface area contributed by atoms with E-state index in [1.807, 2.05) is 24.4 Å². The van der Waals surface area contributed by atoms with Gasteiger partial charge in [0.1, 0.15) is 5.75 Å². The van der Waals surface area contributed by atoms with Gasteiger partial charge in [-0.25, -0.2) is 0 Å². The average molecular weight is 294 g/mol. The number of aromatic amines is 1. The summed E-state index contributed by atoms with van der Waals surface area (Å²) in [7, 11) is 0. The molecule has 4 nitrogen and oxygen atoms in total. The van der Waals surface area contributed by atoms with Gasteiger partial charge >= 0.3 is 0 Å². The fourth-order valence-electron chi connectivity index (χ4n) is 2.86. The summed E-state index contributed by atoms with van der Waals surface area (Å²) in [6.45, 7) is 2.38. The van der Waals surface area contributed by atoms with Gasteiger partial charge in [0, 0.05) is 23.5 Å². The molecule has 1 unspecified atom stereocenters. The number of hydrogen-bond acceptors (Lipinski definition) is 3. The number of nitrogens with one attached hydrogen (secondary N) is 1. The number of para-hydroxylation sites is 1. The van der Waals surface area contributed by atoms with Crippen molar-refractivity contribution < 1.29 is 9.47 Å². The molecule has 1 aromatic heterocycles. The number of aromatic nitrogens is 2. The highest BCUT2D eigenvalue weighted by atomic mass is 16.5. The molecule has 3 aromatic rings. The molecule has 0 saturated carbocycles. The Morgan fingerprint density at radius 3 is 3.09 bits per heavy atom. The first-order chi connectivity index (χ1) is 10.9. The van der Waals surface area contributed by atoms with E-state index in [0.29, 0.717) is 12.5 Å². The van der Waals surface area contributed by atoms with Crippen molar-refractivity contribution in [3.8, 4) is 16.9 Å². The summed E-state index contributed by atoms with van der Waals surface area (Å²) in [5.41, 5.74) is 3.31. The van der Waals surface area contributed by atoms with Crippen LogP contribution in [-0.2, 0) is 4.74 Å². The molecule has 0 spiro atoms. The first-order valence-corrected chi connectivity index (χ1v) is 7.63. The van der Waals surface area contributed by atoms with Crippen molar-refractivity contribution in [2.75, 3.05) is 19.8 Å². The second kappa shape index (κ2) is 5.81. The Morgan fingerprint density at radius 2 is 2.18 bits per heavy atom. The zero-order valence-corrected chi connectivity index (χ0v) is 12.3. The van der Waals surface area contributed by atoms with Gasteiger partial charge in [-0.05, 0) is 30.2 Å². The number of ether oxygens (including phenoxy) is 2. The van der Waals surface area contributed by atoms with Crippen LogP contribution in [0.25, 0.3) is 22.0 Å². The second-order valence-corrected chi connectivity index (χ2v) is 5.71. The predicted molar refractivity (Wildman–Crippen MR) is 86.0 cm³/mol. The van der Waals surface area contributed by atoms with Gasteiger partial charge in [0.2, 0.25) is 0 Å². The van der Waals surface area contributed by atoms with Crippen LogP contribution in [-0.4, -0.2) is 30.0 Å². The molecular weight excluding hydrogens is 276 g/mol. The molecule has 1 saturated heterocycles. The zero-order valence-electron chi connectivity index (χ0n) is 12.3. The van der Waals surface area contributed by atoms with Crippen LogP contribution in [0.3, 0.4) is 0 Å². The summed E-state index contributed by atoms with van der Waals surface area (Å²) in [6.07, 6.45) is 2.93. The predicted octanol–water partition coefficient (Wildman–Crippen LogP) is 3.65. The standard InChI is InChI=1S/C18H18N2O2/c1-2-4-18(22-12-13-7-8-21-11-13)16(3-1)14-5-6-17-15(9-14)10-19-20-17/h1-6,9-10,13H,7-8,11-12H2,(H,19,20). The maximum absolute atomic E-state index is 6.07. The quantitative estimate of drug-likeness (QED) is 0.799. The minimum atomic E-state index is 0.504. The highest BCUT2D eigenvalue weighted by Gasteiger charge is 2.17. The zero-order chi connectivity index (χ0) is 14.8. The molecule has 1 aliphatic heterocycles. The van der Waals surface area contributed by atoms with E-state index >= 15 is 0 Å². The fourth-order valence-corrected chi connectivity index (χ4v) is 2.86. The van der Waals surface area contributed by atoms with Crippen LogP contribution in [0, 0.1) is 5.92 Å². The van der Waals surface area contributed by atoms with E-state index in [4.69, 9.17) is 9.47 Å². The summed E-state index contributed by atoms with van der Waals surface area (Å²) in [5.74, 6) is 1.43. The largest absolute Gasteiger partial charge is 0.493 e. The molecule has 2 heterocycles. The third kappa shape index (κ3) is 2.57. The number of fused-ring (bicyclic) bond motifs is 1. The molecule has 1 aliphatic rings. The number of benzene rings is 2.